The van der Waals surface area contributed by atoms with Gasteiger partial charge in [0.15, 0.2) is 0 Å². The van der Waals surface area contributed by atoms with Crippen molar-refractivity contribution in [1.82, 2.24) is 9.88 Å². The van der Waals surface area contributed by atoms with Gasteiger partial charge in [-0.15, -0.1) is 0 Å². The third kappa shape index (κ3) is 4.03. The lowest BCUT2D eigenvalue weighted by molar-refractivity contribution is 0.0767. The second-order valence-electron chi connectivity index (χ2n) is 7.72. The molecular formula is C23H26FN3O2. The van der Waals surface area contributed by atoms with Gasteiger partial charge in [-0.25, -0.2) is 9.37 Å². The zero-order valence-corrected chi connectivity index (χ0v) is 16.8. The third-order valence-electron chi connectivity index (χ3n) is 5.61. The van der Waals surface area contributed by atoms with Crippen LogP contribution in [0.25, 0.3) is 16.3 Å². The molecule has 1 fully saturated rings. The molecule has 0 saturated carbocycles. The lowest BCUT2D eigenvalue weighted by atomic mass is 9.95. The van der Waals surface area contributed by atoms with Gasteiger partial charge in [-0.3, -0.25) is 4.79 Å². The van der Waals surface area contributed by atoms with Crippen LogP contribution in [0, 0.1) is 5.92 Å². The van der Waals surface area contributed by atoms with E-state index in [1.807, 2.05) is 37.4 Å². The first kappa shape index (κ1) is 19.6. The van der Waals surface area contributed by atoms with Crippen LogP contribution in [0.15, 0.2) is 42.6 Å². The molecule has 5 nitrogen and oxygen atoms in total. The highest BCUT2D eigenvalue weighted by atomic mass is 19.1. The van der Waals surface area contributed by atoms with Crippen molar-refractivity contribution in [2.24, 2.45) is 5.92 Å². The van der Waals surface area contributed by atoms with Crippen LogP contribution < -0.4 is 5.32 Å². The number of allylic oxidation sites excluding steroid dienone is 4. The average Bonchev–Trinajstić information content (AvgIpc) is 3.25. The quantitative estimate of drug-likeness (QED) is 0.829. The maximum Gasteiger partial charge on any atom is 0.255 e. The van der Waals surface area contributed by atoms with Crippen LogP contribution in [0.3, 0.4) is 0 Å². The van der Waals surface area contributed by atoms with Crippen LogP contribution in [0.1, 0.15) is 28.8 Å². The first-order valence-electron chi connectivity index (χ1n) is 10.0. The third-order valence-corrected chi connectivity index (χ3v) is 5.61. The van der Waals surface area contributed by atoms with Gasteiger partial charge in [0, 0.05) is 51.2 Å². The number of rotatable bonds is 5. The highest BCUT2D eigenvalue weighted by molar-refractivity contribution is 6.09. The van der Waals surface area contributed by atoms with Crippen molar-refractivity contribution in [2.75, 3.05) is 39.2 Å². The van der Waals surface area contributed by atoms with Gasteiger partial charge in [0.05, 0.1) is 12.2 Å². The first-order valence-corrected chi connectivity index (χ1v) is 10.0. The molecule has 2 unspecified atom stereocenters. The normalized spacial score (nSPS) is 21.3. The van der Waals surface area contributed by atoms with E-state index in [1.165, 1.54) is 0 Å². The minimum atomic E-state index is -0.964. The molecule has 6 heteroatoms. The van der Waals surface area contributed by atoms with Gasteiger partial charge in [0.1, 0.15) is 12.0 Å². The van der Waals surface area contributed by atoms with Gasteiger partial charge in [-0.1, -0.05) is 24.3 Å². The van der Waals surface area contributed by atoms with Crippen molar-refractivity contribution in [3.63, 3.8) is 0 Å². The number of anilines is 1. The predicted octanol–water partition coefficient (Wildman–Crippen LogP) is 4.07. The molecule has 2 aliphatic rings. The number of carbonyl (C=O) groups is 1. The van der Waals surface area contributed by atoms with Crippen molar-refractivity contribution in [3.8, 4) is 0 Å². The number of aromatic nitrogens is 1. The monoisotopic (exact) mass is 395 g/mol. The number of halogens is 1. The molecule has 1 saturated heterocycles. The van der Waals surface area contributed by atoms with E-state index in [4.69, 9.17) is 4.74 Å². The zero-order chi connectivity index (χ0) is 20.4. The number of amides is 1. The molecule has 1 aromatic heterocycles. The Morgan fingerprint density at radius 1 is 1.38 bits per heavy atom. The number of nitrogens with one attached hydrogen (secondary N) is 1. The Kier molecular flexibility index (Phi) is 5.62. The number of ether oxygens (including phenoxy) is 1. The molecule has 2 atom stereocenters. The summed E-state index contributed by atoms with van der Waals surface area (Å²) < 4.78 is 19.2. The summed E-state index contributed by atoms with van der Waals surface area (Å²) in [6.07, 6.45) is 7.50. The summed E-state index contributed by atoms with van der Waals surface area (Å²) in [6.45, 7) is 2.14. The van der Waals surface area contributed by atoms with E-state index >= 15 is 0 Å². The zero-order valence-electron chi connectivity index (χ0n) is 16.8. The van der Waals surface area contributed by atoms with Gasteiger partial charge in [-0.05, 0) is 35.1 Å². The molecule has 4 rings (SSSR count). The van der Waals surface area contributed by atoms with Gasteiger partial charge in [0.25, 0.3) is 5.91 Å². The van der Waals surface area contributed by atoms with Crippen LogP contribution in [-0.4, -0.2) is 55.8 Å². The molecule has 1 aliphatic carbocycles. The summed E-state index contributed by atoms with van der Waals surface area (Å²) in [5.74, 6) is 1.03. The molecule has 1 N–H and O–H groups in total. The fraction of sp³-hybridized carbons (Fsp3) is 0.391. The van der Waals surface area contributed by atoms with Crippen molar-refractivity contribution in [3.05, 3.63) is 53.8 Å². The predicted molar refractivity (Wildman–Crippen MR) is 114 cm³/mol. The summed E-state index contributed by atoms with van der Waals surface area (Å²) in [7, 11) is 3.63. The SMILES string of the molecule is CNc1ncc(C(=O)N(C)CC2CCOC2)c2ccc(C3=CC(F)CC=C3)cc12. The second-order valence-corrected chi connectivity index (χ2v) is 7.72. The van der Waals surface area contributed by atoms with Crippen LogP contribution >= 0.6 is 0 Å². The molecule has 2 aromatic rings. The van der Waals surface area contributed by atoms with Crippen molar-refractivity contribution in [2.45, 2.75) is 19.0 Å². The Morgan fingerprint density at radius 3 is 2.97 bits per heavy atom. The number of pyridine rings is 1. The topological polar surface area (TPSA) is 54.5 Å². The number of fused-ring (bicyclic) bond motifs is 1. The van der Waals surface area contributed by atoms with Crippen LogP contribution in [0.5, 0.6) is 0 Å². The maximum absolute atomic E-state index is 13.8. The van der Waals surface area contributed by atoms with E-state index in [0.717, 1.165) is 34.9 Å². The standard InChI is InChI=1S/C23H26FN3O2/c1-25-22-20-11-17(16-4-3-5-18(24)10-16)6-7-19(20)21(12-26-22)23(28)27(2)13-15-8-9-29-14-15/h3-4,6-7,10-12,15,18H,5,8-9,13-14H2,1-2H3,(H,25,26). The number of benzene rings is 1. The molecule has 29 heavy (non-hydrogen) atoms. The van der Waals surface area contributed by atoms with Gasteiger partial charge in [-0.2, -0.15) is 0 Å². The molecule has 1 amide bonds. The lowest BCUT2D eigenvalue weighted by Gasteiger charge is -2.21. The van der Waals surface area contributed by atoms with E-state index < -0.39 is 6.17 Å². The summed E-state index contributed by atoms with van der Waals surface area (Å²) in [6, 6.07) is 5.85. The molecule has 1 aliphatic heterocycles. The minimum Gasteiger partial charge on any atom is -0.381 e. The van der Waals surface area contributed by atoms with E-state index in [0.29, 0.717) is 36.9 Å². The number of hydrogen-bond donors (Lipinski definition) is 1. The Morgan fingerprint density at radius 2 is 2.24 bits per heavy atom. The minimum absolute atomic E-state index is 0.0506. The van der Waals surface area contributed by atoms with E-state index in [1.54, 1.807) is 24.2 Å². The number of nitrogens with zero attached hydrogens (tertiary/aromatic N) is 2. The molecular weight excluding hydrogens is 369 g/mol. The Labute approximate surface area is 170 Å². The van der Waals surface area contributed by atoms with E-state index in [2.05, 4.69) is 10.3 Å². The van der Waals surface area contributed by atoms with Gasteiger partial charge < -0.3 is 15.0 Å². The summed E-state index contributed by atoms with van der Waals surface area (Å²) in [5.41, 5.74) is 2.33. The molecule has 2 heterocycles. The second kappa shape index (κ2) is 8.33. The molecule has 0 spiro atoms. The largest absolute Gasteiger partial charge is 0.381 e. The number of alkyl halides is 1. The number of carbonyl (C=O) groups excluding carboxylic acids is 1. The molecule has 152 valence electrons. The summed E-state index contributed by atoms with van der Waals surface area (Å²) >= 11 is 0. The summed E-state index contributed by atoms with van der Waals surface area (Å²) in [5, 5.41) is 4.79. The fourth-order valence-corrected chi connectivity index (χ4v) is 4.03. The highest BCUT2D eigenvalue weighted by Gasteiger charge is 2.23. The van der Waals surface area contributed by atoms with Gasteiger partial charge in [0.2, 0.25) is 0 Å². The highest BCUT2D eigenvalue weighted by Crippen LogP contribution is 2.31. The Hall–Kier alpha value is -2.73. The van der Waals surface area contributed by atoms with E-state index in [9.17, 15) is 9.18 Å². The lowest BCUT2D eigenvalue weighted by Crippen LogP contribution is -2.32. The Balaban J connectivity index is 1.70. The number of hydrogen-bond acceptors (Lipinski definition) is 4. The van der Waals surface area contributed by atoms with Crippen LogP contribution in [0.4, 0.5) is 10.2 Å². The van der Waals surface area contributed by atoms with Crippen molar-refractivity contribution in [1.29, 1.82) is 0 Å². The van der Waals surface area contributed by atoms with Crippen molar-refractivity contribution >= 4 is 28.1 Å². The first-order chi connectivity index (χ1) is 14.1. The average molecular weight is 395 g/mol. The van der Waals surface area contributed by atoms with Gasteiger partial charge >= 0.3 is 0 Å². The molecule has 1 aromatic carbocycles. The Bertz CT molecular complexity index is 979. The van der Waals surface area contributed by atoms with Crippen molar-refractivity contribution < 1.29 is 13.9 Å². The van der Waals surface area contributed by atoms with Crippen LogP contribution in [-0.2, 0) is 4.74 Å². The van der Waals surface area contributed by atoms with E-state index in [-0.39, 0.29) is 5.91 Å². The molecule has 0 radical (unpaired) electrons. The summed E-state index contributed by atoms with van der Waals surface area (Å²) in [4.78, 5) is 19.3. The fourth-order valence-electron chi connectivity index (χ4n) is 4.03. The van der Waals surface area contributed by atoms with Crippen LogP contribution in [0.2, 0.25) is 0 Å². The molecule has 0 bridgehead atoms. The maximum atomic E-state index is 13.8. The smallest absolute Gasteiger partial charge is 0.255 e.